The Morgan fingerprint density at radius 2 is 2.15 bits per heavy atom. The van der Waals surface area contributed by atoms with E-state index in [4.69, 9.17) is 5.73 Å². The van der Waals surface area contributed by atoms with Gasteiger partial charge in [-0.2, -0.15) is 0 Å². The summed E-state index contributed by atoms with van der Waals surface area (Å²) in [4.78, 5) is 13.6. The number of hydrazone groups is 1. The Morgan fingerprint density at radius 1 is 1.46 bits per heavy atom. The highest BCUT2D eigenvalue weighted by atomic mass is 16.3. The predicted molar refractivity (Wildman–Crippen MR) is 48.4 cm³/mol. The molecule has 0 aliphatic rings. The number of nitrogens with one attached hydrogen (secondary N) is 2. The molecule has 0 fully saturated rings. The summed E-state index contributed by atoms with van der Waals surface area (Å²) in [6.45, 7) is 0. The van der Waals surface area contributed by atoms with E-state index in [0.29, 0.717) is 0 Å². The van der Waals surface area contributed by atoms with Gasteiger partial charge in [0.15, 0.2) is 0 Å². The van der Waals surface area contributed by atoms with Crippen LogP contribution in [0.5, 0.6) is 0 Å². The molecule has 1 rings (SSSR count). The molecule has 0 bridgehead atoms. The van der Waals surface area contributed by atoms with Crippen LogP contribution in [-0.2, 0) is 0 Å². The van der Waals surface area contributed by atoms with Gasteiger partial charge in [0.05, 0.1) is 5.69 Å². The highest BCUT2D eigenvalue weighted by molar-refractivity contribution is 5.78. The van der Waals surface area contributed by atoms with E-state index in [9.17, 15) is 4.91 Å². The Morgan fingerprint density at radius 3 is 2.77 bits per heavy atom. The van der Waals surface area contributed by atoms with E-state index in [-0.39, 0.29) is 5.96 Å². The lowest BCUT2D eigenvalue weighted by Gasteiger charge is -2.02. The van der Waals surface area contributed by atoms with Crippen molar-refractivity contribution in [2.45, 2.75) is 0 Å². The van der Waals surface area contributed by atoms with Crippen LogP contribution in [0.4, 0.5) is 5.69 Å². The molecule has 0 saturated carbocycles. The maximum absolute atomic E-state index is 9.76. The second-order valence-corrected chi connectivity index (χ2v) is 2.03. The number of rotatable bonds is 3. The molecular weight excluding hydrogens is 172 g/mol. The van der Waals surface area contributed by atoms with E-state index in [0.717, 1.165) is 5.69 Å². The molecule has 7 nitrogen and oxygen atoms in total. The van der Waals surface area contributed by atoms with Crippen molar-refractivity contribution < 1.29 is 0 Å². The van der Waals surface area contributed by atoms with Crippen molar-refractivity contribution in [1.82, 2.24) is 10.5 Å². The lowest BCUT2D eigenvalue weighted by atomic mass is 10.4. The fourth-order valence-corrected chi connectivity index (χ4v) is 0.605. The smallest absolute Gasteiger partial charge is 0.280 e. The molecule has 0 amide bonds. The lowest BCUT2D eigenvalue weighted by Crippen LogP contribution is -2.20. The molecule has 68 valence electrons. The Labute approximate surface area is 74.0 Å². The quantitative estimate of drug-likeness (QED) is 0.262. The van der Waals surface area contributed by atoms with E-state index in [1.54, 1.807) is 24.5 Å². The maximum Gasteiger partial charge on any atom is 0.280 e. The molecule has 0 unspecified atom stereocenters. The number of hydrazine groups is 1. The van der Waals surface area contributed by atoms with Crippen molar-refractivity contribution in [3.05, 3.63) is 29.4 Å². The normalized spacial score (nSPS) is 10.6. The zero-order chi connectivity index (χ0) is 9.52. The second kappa shape index (κ2) is 4.65. The highest BCUT2D eigenvalue weighted by Gasteiger charge is 1.87. The second-order valence-electron chi connectivity index (χ2n) is 2.03. The first-order valence-corrected chi connectivity index (χ1v) is 3.40. The van der Waals surface area contributed by atoms with Crippen LogP contribution < -0.4 is 16.7 Å². The van der Waals surface area contributed by atoms with Crippen LogP contribution in [0.1, 0.15) is 0 Å². The van der Waals surface area contributed by atoms with Crippen LogP contribution in [0.3, 0.4) is 0 Å². The van der Waals surface area contributed by atoms with Gasteiger partial charge in [-0.05, 0) is 12.1 Å². The number of nitroso groups, excluding NO2 is 1. The van der Waals surface area contributed by atoms with Gasteiger partial charge in [-0.15, -0.1) is 10.0 Å². The third-order valence-corrected chi connectivity index (χ3v) is 1.14. The number of anilines is 1. The van der Waals surface area contributed by atoms with Gasteiger partial charge in [-0.25, -0.2) is 5.53 Å². The number of pyridine rings is 1. The minimum absolute atomic E-state index is 0.374. The van der Waals surface area contributed by atoms with Crippen molar-refractivity contribution in [3.8, 4) is 0 Å². The van der Waals surface area contributed by atoms with Crippen LogP contribution in [0.15, 0.2) is 34.8 Å². The Kier molecular flexibility index (Phi) is 3.19. The third-order valence-electron chi connectivity index (χ3n) is 1.14. The molecule has 13 heavy (non-hydrogen) atoms. The summed E-state index contributed by atoms with van der Waals surface area (Å²) >= 11 is 0. The summed E-state index contributed by atoms with van der Waals surface area (Å²) in [5, 5.41) is 5.75. The molecule has 4 N–H and O–H groups in total. The number of nitrogens with two attached hydrogens (primary N) is 1. The van der Waals surface area contributed by atoms with E-state index in [1.165, 1.54) is 0 Å². The van der Waals surface area contributed by atoms with Crippen molar-refractivity contribution >= 4 is 11.6 Å². The summed E-state index contributed by atoms with van der Waals surface area (Å²) in [5.41, 5.74) is 10.7. The van der Waals surface area contributed by atoms with Gasteiger partial charge in [0.2, 0.25) is 0 Å². The molecule has 0 radical (unpaired) electrons. The molecule has 1 aromatic rings. The monoisotopic (exact) mass is 180 g/mol. The molecule has 0 aromatic carbocycles. The molecule has 1 aromatic heterocycles. The first-order valence-electron chi connectivity index (χ1n) is 3.40. The van der Waals surface area contributed by atoms with E-state index < -0.39 is 0 Å². The Hall–Kier alpha value is -2.18. The summed E-state index contributed by atoms with van der Waals surface area (Å²) in [6.07, 6.45) is 3.21. The first kappa shape index (κ1) is 8.91. The summed E-state index contributed by atoms with van der Waals surface area (Å²) in [5.74, 6) is -0.374. The number of hydrogen-bond donors (Lipinski definition) is 3. The van der Waals surface area contributed by atoms with Crippen molar-refractivity contribution in [2.75, 3.05) is 5.43 Å². The topological polar surface area (TPSA) is 105 Å². The first-order chi connectivity index (χ1) is 6.33. The van der Waals surface area contributed by atoms with Crippen molar-refractivity contribution in [2.24, 2.45) is 16.0 Å². The van der Waals surface area contributed by atoms with Gasteiger partial charge in [0.1, 0.15) is 0 Å². The zero-order valence-electron chi connectivity index (χ0n) is 6.64. The summed E-state index contributed by atoms with van der Waals surface area (Å²) < 4.78 is 0. The minimum Gasteiger partial charge on any atom is -0.364 e. The predicted octanol–water partition coefficient (Wildman–Crippen LogP) is -0.00580. The third kappa shape index (κ3) is 3.14. The van der Waals surface area contributed by atoms with E-state index >= 15 is 0 Å². The van der Waals surface area contributed by atoms with Crippen LogP contribution in [-0.4, -0.2) is 10.9 Å². The van der Waals surface area contributed by atoms with Crippen LogP contribution in [0.2, 0.25) is 0 Å². The Balaban J connectivity index is 2.40. The Bertz CT molecular complexity index is 297. The van der Waals surface area contributed by atoms with Gasteiger partial charge in [0.25, 0.3) is 5.96 Å². The van der Waals surface area contributed by atoms with Crippen molar-refractivity contribution in [1.29, 1.82) is 0 Å². The molecule has 0 aliphatic heterocycles. The molecule has 0 aliphatic carbocycles. The highest BCUT2D eigenvalue weighted by Crippen LogP contribution is 1.99. The van der Waals surface area contributed by atoms with E-state index in [2.05, 4.69) is 26.2 Å². The van der Waals surface area contributed by atoms with Gasteiger partial charge in [-0.3, -0.25) is 10.4 Å². The number of aromatic nitrogens is 1. The standard InChI is InChI=1S/C6H8N6O/c7-6(11-13)10-12-9-5-1-3-8-4-2-5/h1-4,12H,(H2,7,10)(H,8,9). The van der Waals surface area contributed by atoms with E-state index in [1.807, 2.05) is 0 Å². The van der Waals surface area contributed by atoms with Gasteiger partial charge < -0.3 is 5.73 Å². The minimum atomic E-state index is -0.374. The van der Waals surface area contributed by atoms with Crippen LogP contribution in [0, 0.1) is 4.91 Å². The van der Waals surface area contributed by atoms with Gasteiger partial charge in [-0.1, -0.05) is 0 Å². The van der Waals surface area contributed by atoms with Gasteiger partial charge >= 0.3 is 0 Å². The molecule has 7 heteroatoms. The molecule has 0 saturated heterocycles. The average Bonchev–Trinajstić information content (AvgIpc) is 2.19. The summed E-state index contributed by atoms with van der Waals surface area (Å²) in [7, 11) is 0. The summed E-state index contributed by atoms with van der Waals surface area (Å²) in [6, 6.07) is 3.43. The fourth-order valence-electron chi connectivity index (χ4n) is 0.605. The largest absolute Gasteiger partial charge is 0.364 e. The molecule has 0 spiro atoms. The maximum atomic E-state index is 9.76. The average molecular weight is 180 g/mol. The molecular formula is C6H8N6O. The fraction of sp³-hybridized carbons (Fsp3) is 0. The SMILES string of the molecule is N/C(N=O)=N\NNc1ccncc1. The zero-order valence-corrected chi connectivity index (χ0v) is 6.64. The van der Waals surface area contributed by atoms with Gasteiger partial charge in [0, 0.05) is 17.6 Å². The number of nitrogens with zero attached hydrogens (tertiary/aromatic N) is 3. The van der Waals surface area contributed by atoms with Crippen molar-refractivity contribution in [3.63, 3.8) is 0 Å². The van der Waals surface area contributed by atoms with Crippen LogP contribution in [0.25, 0.3) is 0 Å². The molecule has 0 atom stereocenters. The lowest BCUT2D eigenvalue weighted by molar-refractivity contribution is 0.870. The molecule has 1 heterocycles. The number of guanidine groups is 1. The number of hydrogen-bond acceptors (Lipinski definition) is 5. The van der Waals surface area contributed by atoms with Crippen LogP contribution >= 0.6 is 0 Å².